The Kier molecular flexibility index (Phi) is 3.86. The molecule has 1 amide bonds. The second kappa shape index (κ2) is 5.97. The quantitative estimate of drug-likeness (QED) is 0.910. The van der Waals surface area contributed by atoms with Gasteiger partial charge in [-0.2, -0.15) is 5.10 Å². The molecule has 3 rings (SSSR count). The fourth-order valence-corrected chi connectivity index (χ4v) is 2.64. The van der Waals surface area contributed by atoms with Crippen LogP contribution in [0, 0.1) is 0 Å². The number of likely N-dealkylation sites (tertiary alicyclic amines) is 1. The second-order valence-corrected chi connectivity index (χ2v) is 5.22. The Morgan fingerprint density at radius 1 is 1.27 bits per heavy atom. The number of aromatic nitrogens is 3. The first kappa shape index (κ1) is 14.2. The summed E-state index contributed by atoms with van der Waals surface area (Å²) in [6.07, 6.45) is 2.72. The van der Waals surface area contributed by atoms with E-state index < -0.39 is 12.0 Å². The molecule has 0 bridgehead atoms. The molecular weight excluding hydrogens is 284 g/mol. The largest absolute Gasteiger partial charge is 0.480 e. The zero-order chi connectivity index (χ0) is 15.5. The Labute approximate surface area is 127 Å². The Balaban J connectivity index is 1.70. The summed E-state index contributed by atoms with van der Waals surface area (Å²) < 4.78 is 1.45. The SMILES string of the molecule is O=C(O)[C@H]1CCCN1C(=O)Cn1cnc(-c2ccccc2)n1. The van der Waals surface area contributed by atoms with E-state index in [1.165, 1.54) is 15.9 Å². The van der Waals surface area contributed by atoms with Crippen LogP contribution >= 0.6 is 0 Å². The molecule has 1 aromatic carbocycles. The van der Waals surface area contributed by atoms with Gasteiger partial charge < -0.3 is 10.0 Å². The van der Waals surface area contributed by atoms with Crippen LogP contribution in [0.2, 0.25) is 0 Å². The Morgan fingerprint density at radius 2 is 2.05 bits per heavy atom. The van der Waals surface area contributed by atoms with Gasteiger partial charge in [-0.05, 0) is 12.8 Å². The minimum Gasteiger partial charge on any atom is -0.480 e. The van der Waals surface area contributed by atoms with Crippen LogP contribution < -0.4 is 0 Å². The molecule has 7 heteroatoms. The molecule has 7 nitrogen and oxygen atoms in total. The third kappa shape index (κ3) is 2.83. The molecule has 1 saturated heterocycles. The lowest BCUT2D eigenvalue weighted by Gasteiger charge is -2.21. The highest BCUT2D eigenvalue weighted by Crippen LogP contribution is 2.18. The number of nitrogens with zero attached hydrogens (tertiary/aromatic N) is 4. The summed E-state index contributed by atoms with van der Waals surface area (Å²) in [5.41, 5.74) is 0.873. The van der Waals surface area contributed by atoms with Crippen LogP contribution in [0.4, 0.5) is 0 Å². The van der Waals surface area contributed by atoms with E-state index in [1.54, 1.807) is 0 Å². The molecule has 1 N–H and O–H groups in total. The van der Waals surface area contributed by atoms with Crippen molar-refractivity contribution >= 4 is 11.9 Å². The van der Waals surface area contributed by atoms with Crippen molar-refractivity contribution in [2.75, 3.05) is 6.54 Å². The normalized spacial score (nSPS) is 17.6. The summed E-state index contributed by atoms with van der Waals surface area (Å²) in [6, 6.07) is 8.75. The number of rotatable bonds is 4. The van der Waals surface area contributed by atoms with Gasteiger partial charge in [0.25, 0.3) is 0 Å². The summed E-state index contributed by atoms with van der Waals surface area (Å²) in [6.45, 7) is 0.486. The molecule has 0 spiro atoms. The number of aliphatic carboxylic acids is 1. The van der Waals surface area contributed by atoms with E-state index in [-0.39, 0.29) is 12.5 Å². The first-order valence-corrected chi connectivity index (χ1v) is 7.12. The number of amides is 1. The number of hydrogen-bond donors (Lipinski definition) is 1. The highest BCUT2D eigenvalue weighted by molar-refractivity contribution is 5.84. The summed E-state index contributed by atoms with van der Waals surface area (Å²) in [7, 11) is 0. The van der Waals surface area contributed by atoms with E-state index in [1.807, 2.05) is 30.3 Å². The van der Waals surface area contributed by atoms with Gasteiger partial charge in [-0.15, -0.1) is 0 Å². The van der Waals surface area contributed by atoms with Crippen molar-refractivity contribution in [1.29, 1.82) is 0 Å². The van der Waals surface area contributed by atoms with Crippen molar-refractivity contribution in [3.8, 4) is 11.4 Å². The van der Waals surface area contributed by atoms with Crippen molar-refractivity contribution in [1.82, 2.24) is 19.7 Å². The molecule has 2 aromatic rings. The molecule has 114 valence electrons. The van der Waals surface area contributed by atoms with Crippen molar-refractivity contribution in [3.05, 3.63) is 36.7 Å². The van der Waals surface area contributed by atoms with Gasteiger partial charge in [-0.25, -0.2) is 14.5 Å². The van der Waals surface area contributed by atoms with Gasteiger partial charge in [0.2, 0.25) is 5.91 Å². The summed E-state index contributed by atoms with van der Waals surface area (Å²) >= 11 is 0. The Morgan fingerprint density at radius 3 is 2.77 bits per heavy atom. The van der Waals surface area contributed by atoms with Crippen LogP contribution in [0.5, 0.6) is 0 Å². The van der Waals surface area contributed by atoms with Crippen LogP contribution in [0.3, 0.4) is 0 Å². The molecule has 1 fully saturated rings. The third-order valence-corrected chi connectivity index (χ3v) is 3.72. The fourth-order valence-electron chi connectivity index (χ4n) is 2.64. The predicted molar refractivity (Wildman–Crippen MR) is 77.8 cm³/mol. The molecule has 22 heavy (non-hydrogen) atoms. The van der Waals surface area contributed by atoms with Gasteiger partial charge >= 0.3 is 5.97 Å². The van der Waals surface area contributed by atoms with E-state index in [0.29, 0.717) is 18.8 Å². The third-order valence-electron chi connectivity index (χ3n) is 3.72. The molecule has 1 atom stereocenters. The number of hydrogen-bond acceptors (Lipinski definition) is 4. The van der Waals surface area contributed by atoms with Crippen molar-refractivity contribution in [3.63, 3.8) is 0 Å². The highest BCUT2D eigenvalue weighted by atomic mass is 16.4. The van der Waals surface area contributed by atoms with E-state index in [4.69, 9.17) is 5.11 Å². The first-order valence-electron chi connectivity index (χ1n) is 7.12. The average Bonchev–Trinajstić information content (AvgIpc) is 3.17. The highest BCUT2D eigenvalue weighted by Gasteiger charge is 2.33. The summed E-state index contributed by atoms with van der Waals surface area (Å²) in [5.74, 6) is -0.645. The zero-order valence-electron chi connectivity index (χ0n) is 11.9. The number of carboxylic acid groups (broad SMARTS) is 1. The van der Waals surface area contributed by atoms with E-state index in [0.717, 1.165) is 12.0 Å². The van der Waals surface area contributed by atoms with Crippen LogP contribution in [0.1, 0.15) is 12.8 Å². The van der Waals surface area contributed by atoms with E-state index in [2.05, 4.69) is 10.1 Å². The van der Waals surface area contributed by atoms with Gasteiger partial charge in [0.15, 0.2) is 5.82 Å². The number of carboxylic acids is 1. The number of carbonyl (C=O) groups is 2. The van der Waals surface area contributed by atoms with Crippen LogP contribution in [0.15, 0.2) is 36.7 Å². The van der Waals surface area contributed by atoms with Crippen LogP contribution in [-0.2, 0) is 16.1 Å². The zero-order valence-corrected chi connectivity index (χ0v) is 11.9. The van der Waals surface area contributed by atoms with Crippen LogP contribution in [0.25, 0.3) is 11.4 Å². The van der Waals surface area contributed by atoms with Gasteiger partial charge in [0.1, 0.15) is 18.9 Å². The van der Waals surface area contributed by atoms with Gasteiger partial charge in [0, 0.05) is 12.1 Å². The van der Waals surface area contributed by atoms with Crippen molar-refractivity contribution < 1.29 is 14.7 Å². The predicted octanol–water partition coefficient (Wildman–Crippen LogP) is 1.02. The lowest BCUT2D eigenvalue weighted by Crippen LogP contribution is -2.42. The lowest BCUT2D eigenvalue weighted by molar-refractivity contribution is -0.148. The molecule has 0 radical (unpaired) electrons. The van der Waals surface area contributed by atoms with Crippen molar-refractivity contribution in [2.45, 2.75) is 25.4 Å². The topological polar surface area (TPSA) is 88.3 Å². The average molecular weight is 300 g/mol. The van der Waals surface area contributed by atoms with Crippen LogP contribution in [-0.4, -0.2) is 49.2 Å². The standard InChI is InChI=1S/C15H16N4O3/c20-13(19-8-4-7-12(19)15(21)22)9-18-10-16-14(17-18)11-5-2-1-3-6-11/h1-3,5-6,10,12H,4,7-9H2,(H,21,22)/t12-/m1/s1. The lowest BCUT2D eigenvalue weighted by atomic mass is 10.2. The van der Waals surface area contributed by atoms with Crippen molar-refractivity contribution in [2.24, 2.45) is 0 Å². The molecule has 1 aliphatic heterocycles. The molecule has 2 heterocycles. The Bertz CT molecular complexity index is 683. The first-order chi connectivity index (χ1) is 10.6. The molecule has 1 aromatic heterocycles. The maximum absolute atomic E-state index is 12.2. The summed E-state index contributed by atoms with van der Waals surface area (Å²) in [5, 5.41) is 13.4. The molecule has 0 saturated carbocycles. The number of benzene rings is 1. The molecule has 1 aliphatic rings. The minimum absolute atomic E-state index is 0.00358. The fraction of sp³-hybridized carbons (Fsp3) is 0.333. The van der Waals surface area contributed by atoms with E-state index in [9.17, 15) is 9.59 Å². The molecular formula is C15H16N4O3. The number of carbonyl (C=O) groups excluding carboxylic acids is 1. The van der Waals surface area contributed by atoms with Gasteiger partial charge in [-0.1, -0.05) is 30.3 Å². The Hall–Kier alpha value is -2.70. The molecule has 0 unspecified atom stereocenters. The van der Waals surface area contributed by atoms with Gasteiger partial charge in [0.05, 0.1) is 0 Å². The summed E-state index contributed by atoms with van der Waals surface area (Å²) in [4.78, 5) is 29.0. The maximum atomic E-state index is 12.2. The maximum Gasteiger partial charge on any atom is 0.326 e. The smallest absolute Gasteiger partial charge is 0.326 e. The monoisotopic (exact) mass is 300 g/mol. The minimum atomic E-state index is -0.950. The van der Waals surface area contributed by atoms with Gasteiger partial charge in [-0.3, -0.25) is 4.79 Å². The second-order valence-electron chi connectivity index (χ2n) is 5.22. The molecule has 0 aliphatic carbocycles. The van der Waals surface area contributed by atoms with E-state index >= 15 is 0 Å².